The highest BCUT2D eigenvalue weighted by atomic mass is 32.2. The molecule has 1 fully saturated rings. The molecule has 2 heterocycles. The second-order valence-corrected chi connectivity index (χ2v) is 8.82. The zero-order valence-electron chi connectivity index (χ0n) is 15.3. The maximum absolute atomic E-state index is 12.9. The Bertz CT molecular complexity index is 1030. The number of rotatable bonds is 4. The van der Waals surface area contributed by atoms with Crippen LogP contribution in [-0.4, -0.2) is 21.2 Å². The van der Waals surface area contributed by atoms with E-state index in [1.54, 1.807) is 0 Å². The lowest BCUT2D eigenvalue weighted by Gasteiger charge is -2.22. The number of hydrogen-bond acceptors (Lipinski definition) is 7. The van der Waals surface area contributed by atoms with Gasteiger partial charge in [-0.3, -0.25) is 4.99 Å². The first-order valence-electron chi connectivity index (χ1n) is 8.86. The van der Waals surface area contributed by atoms with Crippen molar-refractivity contribution in [3.63, 3.8) is 0 Å². The molecule has 1 aliphatic heterocycles. The van der Waals surface area contributed by atoms with Crippen LogP contribution in [0.25, 0.3) is 0 Å². The highest BCUT2D eigenvalue weighted by molar-refractivity contribution is 8.38. The van der Waals surface area contributed by atoms with Crippen LogP contribution in [-0.2, 0) is 17.5 Å². The van der Waals surface area contributed by atoms with E-state index < -0.39 is 11.7 Å². The lowest BCUT2D eigenvalue weighted by molar-refractivity contribution is -0.137. The number of aromatic nitrogens is 2. The first-order valence-corrected chi connectivity index (χ1v) is 10.7. The summed E-state index contributed by atoms with van der Waals surface area (Å²) in [6.07, 6.45) is -2.65. The van der Waals surface area contributed by atoms with E-state index in [-0.39, 0.29) is 11.1 Å². The van der Waals surface area contributed by atoms with Crippen molar-refractivity contribution in [1.82, 2.24) is 10.2 Å². The van der Waals surface area contributed by atoms with Crippen molar-refractivity contribution >= 4 is 27.9 Å². The van der Waals surface area contributed by atoms with E-state index in [0.717, 1.165) is 39.9 Å². The maximum atomic E-state index is 12.9. The van der Waals surface area contributed by atoms with Gasteiger partial charge >= 0.3 is 6.18 Å². The summed E-state index contributed by atoms with van der Waals surface area (Å²) < 4.78 is 44.8. The predicted molar refractivity (Wildman–Crippen MR) is 105 cm³/mol. The third-order valence-corrected chi connectivity index (χ3v) is 6.81. The van der Waals surface area contributed by atoms with E-state index in [9.17, 15) is 18.4 Å². The Labute approximate surface area is 173 Å². The minimum Gasteiger partial charge on any atom is -0.477 e. The van der Waals surface area contributed by atoms with E-state index in [0.29, 0.717) is 23.8 Å². The monoisotopic (exact) mass is 436 g/mol. The van der Waals surface area contributed by atoms with Crippen LogP contribution < -0.4 is 4.74 Å². The normalized spacial score (nSPS) is 16.7. The van der Waals surface area contributed by atoms with Crippen molar-refractivity contribution in [2.45, 2.75) is 42.3 Å². The predicted octanol–water partition coefficient (Wildman–Crippen LogP) is 5.15. The number of aliphatic imine (C=N–C) groups is 1. The van der Waals surface area contributed by atoms with Gasteiger partial charge in [-0.15, -0.1) is 10.2 Å². The van der Waals surface area contributed by atoms with Gasteiger partial charge in [-0.1, -0.05) is 17.8 Å². The van der Waals surface area contributed by atoms with E-state index in [2.05, 4.69) is 10.2 Å². The van der Waals surface area contributed by atoms with Gasteiger partial charge in [0.05, 0.1) is 29.3 Å². The van der Waals surface area contributed by atoms with Gasteiger partial charge in [0.1, 0.15) is 9.40 Å². The zero-order chi connectivity index (χ0) is 20.6. The number of alkyl halides is 3. The number of fused-ring (bicyclic) bond motifs is 2. The van der Waals surface area contributed by atoms with Crippen molar-refractivity contribution in [3.8, 4) is 11.9 Å². The molecule has 4 rings (SSSR count). The van der Waals surface area contributed by atoms with Gasteiger partial charge < -0.3 is 4.74 Å². The Balaban J connectivity index is 1.53. The summed E-state index contributed by atoms with van der Waals surface area (Å²) in [5, 5.41) is 18.4. The summed E-state index contributed by atoms with van der Waals surface area (Å²) in [7, 11) is 0. The van der Waals surface area contributed by atoms with Gasteiger partial charge in [0.2, 0.25) is 5.88 Å². The Morgan fingerprint density at radius 2 is 2.07 bits per heavy atom. The van der Waals surface area contributed by atoms with E-state index in [4.69, 9.17) is 9.73 Å². The molecular weight excluding hydrogens is 421 g/mol. The molecule has 1 aromatic carbocycles. The van der Waals surface area contributed by atoms with Gasteiger partial charge in [-0.05, 0) is 49.2 Å². The number of hydrogen-bond donors (Lipinski definition) is 0. The van der Waals surface area contributed by atoms with Gasteiger partial charge in [-0.25, -0.2) is 0 Å². The number of nitriles is 1. The van der Waals surface area contributed by atoms with Crippen molar-refractivity contribution in [3.05, 3.63) is 46.5 Å². The van der Waals surface area contributed by atoms with Crippen LogP contribution in [0.5, 0.6) is 5.88 Å². The minimum absolute atomic E-state index is 0.0245. The van der Waals surface area contributed by atoms with Gasteiger partial charge in [0.25, 0.3) is 0 Å². The first-order chi connectivity index (χ1) is 13.8. The molecule has 0 unspecified atom stereocenters. The number of ether oxygens (including phenoxy) is 1. The molecule has 10 heteroatoms. The fraction of sp³-hybridized carbons (Fsp3) is 0.368. The Morgan fingerprint density at radius 3 is 2.72 bits per heavy atom. The van der Waals surface area contributed by atoms with Crippen molar-refractivity contribution < 1.29 is 17.9 Å². The third-order valence-electron chi connectivity index (χ3n) is 4.65. The summed E-state index contributed by atoms with van der Waals surface area (Å²) in [6, 6.07) is 7.01. The number of thioether (sulfide) groups is 2. The second kappa shape index (κ2) is 7.54. The van der Waals surface area contributed by atoms with Crippen molar-refractivity contribution in [2.75, 3.05) is 6.61 Å². The van der Waals surface area contributed by atoms with Crippen molar-refractivity contribution in [2.24, 2.45) is 4.99 Å². The highest BCUT2D eigenvalue weighted by Gasteiger charge is 2.49. The highest BCUT2D eigenvalue weighted by Crippen LogP contribution is 2.56. The molecule has 2 aromatic rings. The zero-order valence-corrected chi connectivity index (χ0v) is 16.9. The molecule has 0 bridgehead atoms. The van der Waals surface area contributed by atoms with Crippen LogP contribution in [0.1, 0.15) is 42.0 Å². The quantitative estimate of drug-likeness (QED) is 0.660. The molecule has 1 spiro atoms. The Hall–Kier alpha value is -2.25. The summed E-state index contributed by atoms with van der Waals surface area (Å²) in [5.41, 5.74) is 0.456. The summed E-state index contributed by atoms with van der Waals surface area (Å²) in [4.78, 5) is 4.85. The standard InChI is InChI=1S/C19H15F3N4OS2/c1-2-27-15-8-14-16(26-25-15)29-17(24-18(14)5-6-18)28-10-11-3-4-13(19(20,21)22)7-12(11)9-23/h3-4,7-8H,2,5-6,10H2,1H3. The fourth-order valence-electron chi connectivity index (χ4n) is 3.01. The molecule has 1 aliphatic carbocycles. The van der Waals surface area contributed by atoms with Gasteiger partial charge in [-0.2, -0.15) is 18.4 Å². The largest absolute Gasteiger partial charge is 0.477 e. The molecule has 29 heavy (non-hydrogen) atoms. The SMILES string of the molecule is CCOc1cc2c(nn1)SC(SCc1ccc(C(F)(F)F)cc1C#N)=NC21CC1. The van der Waals surface area contributed by atoms with Crippen LogP contribution in [0.3, 0.4) is 0 Å². The number of benzene rings is 1. The molecule has 2 aliphatic rings. The third kappa shape index (κ3) is 4.07. The molecule has 0 saturated heterocycles. The second-order valence-electron chi connectivity index (χ2n) is 6.62. The molecule has 0 amide bonds. The molecule has 0 atom stereocenters. The number of nitrogens with zero attached hydrogens (tertiary/aromatic N) is 4. The first kappa shape index (κ1) is 20.0. The fourth-order valence-corrected chi connectivity index (χ4v) is 5.26. The summed E-state index contributed by atoms with van der Waals surface area (Å²) in [6.45, 7) is 2.39. The number of halogens is 3. The molecule has 150 valence electrons. The Kier molecular flexibility index (Phi) is 5.21. The molecule has 5 nitrogen and oxygen atoms in total. The van der Waals surface area contributed by atoms with Gasteiger partial charge in [0.15, 0.2) is 0 Å². The van der Waals surface area contributed by atoms with E-state index in [1.165, 1.54) is 29.6 Å². The van der Waals surface area contributed by atoms with Gasteiger partial charge in [0, 0.05) is 17.4 Å². The molecule has 1 saturated carbocycles. The van der Waals surface area contributed by atoms with Crippen LogP contribution in [0.2, 0.25) is 0 Å². The minimum atomic E-state index is -4.47. The van der Waals surface area contributed by atoms with Crippen LogP contribution >= 0.6 is 23.5 Å². The molecule has 1 aromatic heterocycles. The Morgan fingerprint density at radius 1 is 1.28 bits per heavy atom. The van der Waals surface area contributed by atoms with Crippen LogP contribution in [0, 0.1) is 11.3 Å². The van der Waals surface area contributed by atoms with Crippen molar-refractivity contribution in [1.29, 1.82) is 5.26 Å². The van der Waals surface area contributed by atoms with Crippen LogP contribution in [0.4, 0.5) is 13.2 Å². The molecular formula is C19H15F3N4OS2. The maximum Gasteiger partial charge on any atom is 0.416 e. The topological polar surface area (TPSA) is 71.2 Å². The van der Waals surface area contributed by atoms with Crippen LogP contribution in [0.15, 0.2) is 34.3 Å². The molecule has 0 N–H and O–H groups in total. The van der Waals surface area contributed by atoms with E-state index in [1.807, 2.05) is 19.1 Å². The average molecular weight is 436 g/mol. The lowest BCUT2D eigenvalue weighted by atomic mass is 10.1. The molecule has 0 radical (unpaired) electrons. The average Bonchev–Trinajstić information content (AvgIpc) is 3.46. The van der Waals surface area contributed by atoms with E-state index >= 15 is 0 Å². The summed E-state index contributed by atoms with van der Waals surface area (Å²) >= 11 is 2.78. The lowest BCUT2D eigenvalue weighted by Crippen LogP contribution is -2.15. The summed E-state index contributed by atoms with van der Waals surface area (Å²) in [5.74, 6) is 0.829. The smallest absolute Gasteiger partial charge is 0.416 e.